The maximum Gasteiger partial charge on any atom is 0.125 e. The molecule has 70 valence electrons. The second kappa shape index (κ2) is 3.80. The van der Waals surface area contributed by atoms with Crippen LogP contribution in [0, 0.1) is 0 Å². The standard InChI is InChI=1S/C9H11NO3/c1-6(10-12)8-5-7(13-2)3-4-9(8)11/h3-5,11-12H,1-2H3/b10-6+. The molecule has 0 atom stereocenters. The summed E-state index contributed by atoms with van der Waals surface area (Å²) in [6, 6.07) is 4.72. The van der Waals surface area contributed by atoms with Crippen LogP contribution in [0.2, 0.25) is 0 Å². The summed E-state index contributed by atoms with van der Waals surface area (Å²) >= 11 is 0. The lowest BCUT2D eigenvalue weighted by molar-refractivity contribution is 0.318. The minimum absolute atomic E-state index is 0.0658. The van der Waals surface area contributed by atoms with Gasteiger partial charge in [-0.15, -0.1) is 0 Å². The first kappa shape index (κ1) is 9.38. The predicted molar refractivity (Wildman–Crippen MR) is 48.7 cm³/mol. The van der Waals surface area contributed by atoms with Gasteiger partial charge in [0.25, 0.3) is 0 Å². The fourth-order valence-corrected chi connectivity index (χ4v) is 0.986. The highest BCUT2D eigenvalue weighted by Gasteiger charge is 2.06. The molecule has 0 aromatic heterocycles. The molecule has 0 unspecified atom stereocenters. The fourth-order valence-electron chi connectivity index (χ4n) is 0.986. The Kier molecular flexibility index (Phi) is 2.74. The zero-order valence-electron chi connectivity index (χ0n) is 7.48. The van der Waals surface area contributed by atoms with Crippen molar-refractivity contribution in [1.29, 1.82) is 0 Å². The zero-order valence-corrected chi connectivity index (χ0v) is 7.48. The average Bonchev–Trinajstić information content (AvgIpc) is 2.17. The summed E-state index contributed by atoms with van der Waals surface area (Å²) < 4.78 is 4.96. The molecule has 1 aromatic rings. The Morgan fingerprint density at radius 2 is 2.15 bits per heavy atom. The minimum Gasteiger partial charge on any atom is -0.507 e. The molecule has 0 bridgehead atoms. The second-order valence-corrected chi connectivity index (χ2v) is 2.57. The van der Waals surface area contributed by atoms with E-state index < -0.39 is 0 Å². The number of phenolic OH excluding ortho intramolecular Hbond substituents is 1. The summed E-state index contributed by atoms with van der Waals surface area (Å²) in [5.41, 5.74) is 0.804. The second-order valence-electron chi connectivity index (χ2n) is 2.57. The van der Waals surface area contributed by atoms with Crippen molar-refractivity contribution in [2.24, 2.45) is 5.16 Å². The normalized spacial score (nSPS) is 11.4. The third-order valence-electron chi connectivity index (χ3n) is 1.74. The summed E-state index contributed by atoms with van der Waals surface area (Å²) in [5.74, 6) is 0.673. The van der Waals surface area contributed by atoms with E-state index in [9.17, 15) is 5.11 Å². The number of phenols is 1. The zero-order chi connectivity index (χ0) is 9.84. The number of aromatic hydroxyl groups is 1. The van der Waals surface area contributed by atoms with E-state index in [1.165, 1.54) is 13.2 Å². The van der Waals surface area contributed by atoms with Crippen LogP contribution in [0.3, 0.4) is 0 Å². The van der Waals surface area contributed by atoms with Gasteiger partial charge in [0.2, 0.25) is 0 Å². The van der Waals surface area contributed by atoms with Crippen LogP contribution >= 0.6 is 0 Å². The number of rotatable bonds is 2. The van der Waals surface area contributed by atoms with Crippen LogP contribution in [0.5, 0.6) is 11.5 Å². The lowest BCUT2D eigenvalue weighted by Crippen LogP contribution is -1.95. The largest absolute Gasteiger partial charge is 0.507 e. The Balaban J connectivity index is 3.19. The van der Waals surface area contributed by atoms with Gasteiger partial charge in [0, 0.05) is 5.56 Å². The number of nitrogens with zero attached hydrogens (tertiary/aromatic N) is 1. The first-order valence-electron chi connectivity index (χ1n) is 3.75. The van der Waals surface area contributed by atoms with Crippen LogP contribution in [0.4, 0.5) is 0 Å². The van der Waals surface area contributed by atoms with Crippen LogP contribution in [0.25, 0.3) is 0 Å². The first-order valence-corrected chi connectivity index (χ1v) is 3.75. The molecule has 0 fully saturated rings. The molecule has 4 heteroatoms. The van der Waals surface area contributed by atoms with E-state index >= 15 is 0 Å². The molecule has 1 rings (SSSR count). The van der Waals surface area contributed by atoms with Gasteiger partial charge >= 0.3 is 0 Å². The first-order chi connectivity index (χ1) is 6.19. The maximum absolute atomic E-state index is 9.38. The lowest BCUT2D eigenvalue weighted by atomic mass is 10.1. The summed E-state index contributed by atoms with van der Waals surface area (Å²) in [6.07, 6.45) is 0. The molecule has 0 radical (unpaired) electrons. The maximum atomic E-state index is 9.38. The molecule has 0 amide bonds. The van der Waals surface area contributed by atoms with E-state index in [4.69, 9.17) is 9.94 Å². The van der Waals surface area contributed by atoms with Crippen molar-refractivity contribution in [2.45, 2.75) is 6.92 Å². The van der Waals surface area contributed by atoms with Gasteiger partial charge in [-0.05, 0) is 25.1 Å². The van der Waals surface area contributed by atoms with Crippen LogP contribution in [0.1, 0.15) is 12.5 Å². The predicted octanol–water partition coefficient (Wildman–Crippen LogP) is 1.60. The topological polar surface area (TPSA) is 62.0 Å². The number of hydrogen-bond acceptors (Lipinski definition) is 4. The smallest absolute Gasteiger partial charge is 0.125 e. The molecule has 4 nitrogen and oxygen atoms in total. The van der Waals surface area contributed by atoms with E-state index in [0.29, 0.717) is 17.0 Å². The van der Waals surface area contributed by atoms with Crippen LogP contribution in [0.15, 0.2) is 23.4 Å². The van der Waals surface area contributed by atoms with Gasteiger partial charge in [-0.25, -0.2) is 0 Å². The van der Waals surface area contributed by atoms with Crippen molar-refractivity contribution >= 4 is 5.71 Å². The van der Waals surface area contributed by atoms with E-state index in [1.54, 1.807) is 19.1 Å². The summed E-state index contributed by atoms with van der Waals surface area (Å²) in [5, 5.41) is 20.9. The number of methoxy groups -OCH3 is 1. The van der Waals surface area contributed by atoms with Crippen molar-refractivity contribution in [3.8, 4) is 11.5 Å². The lowest BCUT2D eigenvalue weighted by Gasteiger charge is -2.05. The minimum atomic E-state index is 0.0658. The van der Waals surface area contributed by atoms with Gasteiger partial charge in [0.05, 0.1) is 12.8 Å². The average molecular weight is 181 g/mol. The highest BCUT2D eigenvalue weighted by Crippen LogP contribution is 2.23. The number of oxime groups is 1. The molecule has 0 saturated heterocycles. The molecule has 0 saturated carbocycles. The third kappa shape index (κ3) is 1.90. The van der Waals surface area contributed by atoms with E-state index in [2.05, 4.69) is 5.16 Å². The summed E-state index contributed by atoms with van der Waals surface area (Å²) in [6.45, 7) is 1.59. The SMILES string of the molecule is COc1ccc(O)c(/C(C)=N/O)c1. The van der Waals surface area contributed by atoms with Gasteiger partial charge in [0.1, 0.15) is 11.5 Å². The van der Waals surface area contributed by atoms with Crippen molar-refractivity contribution in [2.75, 3.05) is 7.11 Å². The van der Waals surface area contributed by atoms with Gasteiger partial charge in [-0.2, -0.15) is 0 Å². The molecular formula is C9H11NO3. The molecule has 13 heavy (non-hydrogen) atoms. The molecule has 2 N–H and O–H groups in total. The van der Waals surface area contributed by atoms with Gasteiger partial charge in [-0.1, -0.05) is 5.16 Å². The third-order valence-corrected chi connectivity index (χ3v) is 1.74. The molecule has 0 aliphatic carbocycles. The van der Waals surface area contributed by atoms with Crippen molar-refractivity contribution in [3.63, 3.8) is 0 Å². The number of hydrogen-bond donors (Lipinski definition) is 2. The van der Waals surface area contributed by atoms with Crippen molar-refractivity contribution < 1.29 is 15.1 Å². The van der Waals surface area contributed by atoms with Crippen LogP contribution in [-0.2, 0) is 0 Å². The van der Waals surface area contributed by atoms with Crippen molar-refractivity contribution in [1.82, 2.24) is 0 Å². The highest BCUT2D eigenvalue weighted by atomic mass is 16.5. The Hall–Kier alpha value is -1.71. The van der Waals surface area contributed by atoms with Gasteiger partial charge in [0.15, 0.2) is 0 Å². The van der Waals surface area contributed by atoms with Gasteiger partial charge in [-0.3, -0.25) is 0 Å². The Labute approximate surface area is 76.1 Å². The fraction of sp³-hybridized carbons (Fsp3) is 0.222. The van der Waals surface area contributed by atoms with Crippen molar-refractivity contribution in [3.05, 3.63) is 23.8 Å². The molecular weight excluding hydrogens is 170 g/mol. The van der Waals surface area contributed by atoms with Crippen LogP contribution in [-0.4, -0.2) is 23.1 Å². The Morgan fingerprint density at radius 3 is 2.69 bits per heavy atom. The highest BCUT2D eigenvalue weighted by molar-refractivity contribution is 6.00. The molecule has 0 aliphatic rings. The van der Waals surface area contributed by atoms with Crippen LogP contribution < -0.4 is 4.74 Å². The summed E-state index contributed by atoms with van der Waals surface area (Å²) in [4.78, 5) is 0. The van der Waals surface area contributed by atoms with E-state index in [1.807, 2.05) is 0 Å². The summed E-state index contributed by atoms with van der Waals surface area (Å²) in [7, 11) is 1.53. The molecule has 0 spiro atoms. The number of ether oxygens (including phenoxy) is 1. The molecule has 0 aliphatic heterocycles. The Bertz CT molecular complexity index is 334. The Morgan fingerprint density at radius 1 is 1.46 bits per heavy atom. The van der Waals surface area contributed by atoms with Gasteiger partial charge < -0.3 is 15.1 Å². The number of benzene rings is 1. The van der Waals surface area contributed by atoms with E-state index in [-0.39, 0.29) is 5.75 Å². The molecule has 1 aromatic carbocycles. The molecule has 0 heterocycles. The quantitative estimate of drug-likeness (QED) is 0.414. The monoisotopic (exact) mass is 181 g/mol. The van der Waals surface area contributed by atoms with E-state index in [0.717, 1.165) is 0 Å².